The van der Waals surface area contributed by atoms with E-state index < -0.39 is 11.9 Å². The second kappa shape index (κ2) is 7.55. The molecular formula is C17H24FN3O2. The summed E-state index contributed by atoms with van der Waals surface area (Å²) in [5.41, 5.74) is 6.33. The lowest BCUT2D eigenvalue weighted by Crippen LogP contribution is -2.55. The monoisotopic (exact) mass is 321 g/mol. The number of hydrogen-bond acceptors (Lipinski definition) is 3. The maximum absolute atomic E-state index is 13.2. The van der Waals surface area contributed by atoms with Gasteiger partial charge in [-0.2, -0.15) is 0 Å². The zero-order valence-electron chi connectivity index (χ0n) is 13.7. The largest absolute Gasteiger partial charge is 0.338 e. The van der Waals surface area contributed by atoms with Gasteiger partial charge in [0.05, 0.1) is 6.04 Å². The van der Waals surface area contributed by atoms with Gasteiger partial charge < -0.3 is 15.5 Å². The quantitative estimate of drug-likeness (QED) is 0.913. The van der Waals surface area contributed by atoms with Crippen molar-refractivity contribution in [2.75, 3.05) is 26.2 Å². The molecule has 0 saturated carbocycles. The van der Waals surface area contributed by atoms with E-state index in [0.29, 0.717) is 31.7 Å². The van der Waals surface area contributed by atoms with Crippen LogP contribution in [0.1, 0.15) is 30.6 Å². The van der Waals surface area contributed by atoms with Crippen LogP contribution in [0.3, 0.4) is 0 Å². The molecule has 1 aliphatic rings. The van der Waals surface area contributed by atoms with E-state index in [2.05, 4.69) is 0 Å². The normalized spacial score (nSPS) is 17.7. The van der Waals surface area contributed by atoms with E-state index in [1.807, 2.05) is 13.8 Å². The molecule has 1 heterocycles. The Hall–Kier alpha value is -1.95. The molecule has 1 saturated heterocycles. The summed E-state index contributed by atoms with van der Waals surface area (Å²) < 4.78 is 13.2. The van der Waals surface area contributed by atoms with Crippen molar-refractivity contribution in [3.8, 4) is 0 Å². The average Bonchev–Trinajstić information content (AvgIpc) is 2.59. The Morgan fingerprint density at radius 3 is 2.39 bits per heavy atom. The predicted molar refractivity (Wildman–Crippen MR) is 86.3 cm³/mol. The third kappa shape index (κ3) is 4.07. The fraction of sp³-hybridized carbons (Fsp3) is 0.529. The summed E-state index contributed by atoms with van der Waals surface area (Å²) in [7, 11) is 0. The highest BCUT2D eigenvalue weighted by atomic mass is 19.1. The minimum Gasteiger partial charge on any atom is -0.338 e. The summed E-state index contributed by atoms with van der Waals surface area (Å²) in [5.74, 6) is -0.557. The van der Waals surface area contributed by atoms with Gasteiger partial charge in [-0.05, 0) is 24.1 Å². The van der Waals surface area contributed by atoms with Crippen LogP contribution in [0.2, 0.25) is 0 Å². The van der Waals surface area contributed by atoms with Crippen LogP contribution in [-0.2, 0) is 4.79 Å². The van der Waals surface area contributed by atoms with Gasteiger partial charge in [0.2, 0.25) is 5.91 Å². The summed E-state index contributed by atoms with van der Waals surface area (Å²) in [6.07, 6.45) is 0.852. The number of halogens is 1. The second-order valence-electron chi connectivity index (χ2n) is 6.04. The lowest BCUT2D eigenvalue weighted by molar-refractivity contribution is -0.135. The van der Waals surface area contributed by atoms with Crippen LogP contribution >= 0.6 is 0 Å². The Kier molecular flexibility index (Phi) is 5.71. The van der Waals surface area contributed by atoms with E-state index in [4.69, 9.17) is 5.73 Å². The predicted octanol–water partition coefficient (Wildman–Crippen LogP) is 1.48. The SMILES string of the molecule is CCC(C)C(N)C(=O)N1CCN(C(=O)c2cccc(F)c2)CC1. The summed E-state index contributed by atoms with van der Waals surface area (Å²) in [6.45, 7) is 5.77. The van der Waals surface area contributed by atoms with Crippen molar-refractivity contribution in [2.45, 2.75) is 26.3 Å². The number of amides is 2. The van der Waals surface area contributed by atoms with Crippen LogP contribution in [-0.4, -0.2) is 53.8 Å². The van der Waals surface area contributed by atoms with E-state index in [-0.39, 0.29) is 17.7 Å². The van der Waals surface area contributed by atoms with Gasteiger partial charge in [-0.25, -0.2) is 4.39 Å². The Bertz CT molecular complexity index is 571. The topological polar surface area (TPSA) is 66.6 Å². The molecule has 2 atom stereocenters. The molecule has 0 spiro atoms. The highest BCUT2D eigenvalue weighted by molar-refractivity contribution is 5.94. The number of carbonyl (C=O) groups excluding carboxylic acids is 2. The minimum atomic E-state index is -0.495. The van der Waals surface area contributed by atoms with Crippen LogP contribution in [0.25, 0.3) is 0 Å². The average molecular weight is 321 g/mol. The van der Waals surface area contributed by atoms with Crippen LogP contribution in [0, 0.1) is 11.7 Å². The third-order valence-electron chi connectivity index (χ3n) is 4.49. The van der Waals surface area contributed by atoms with Gasteiger partial charge in [0.25, 0.3) is 5.91 Å². The molecular weight excluding hydrogens is 297 g/mol. The Balaban J connectivity index is 1.93. The number of rotatable bonds is 4. The zero-order valence-corrected chi connectivity index (χ0v) is 13.7. The van der Waals surface area contributed by atoms with Crippen molar-refractivity contribution in [1.82, 2.24) is 9.80 Å². The summed E-state index contributed by atoms with van der Waals surface area (Å²) >= 11 is 0. The Labute approximate surface area is 136 Å². The number of nitrogens with two attached hydrogens (primary N) is 1. The van der Waals surface area contributed by atoms with Crippen LogP contribution in [0.4, 0.5) is 4.39 Å². The summed E-state index contributed by atoms with van der Waals surface area (Å²) in [4.78, 5) is 28.0. The van der Waals surface area contributed by atoms with Gasteiger partial charge in [-0.3, -0.25) is 9.59 Å². The van der Waals surface area contributed by atoms with E-state index in [1.165, 1.54) is 18.2 Å². The van der Waals surface area contributed by atoms with E-state index >= 15 is 0 Å². The highest BCUT2D eigenvalue weighted by Crippen LogP contribution is 2.13. The molecule has 2 rings (SSSR count). The molecule has 0 aliphatic carbocycles. The summed E-state index contributed by atoms with van der Waals surface area (Å²) in [6, 6.07) is 5.17. The summed E-state index contributed by atoms with van der Waals surface area (Å²) in [5, 5.41) is 0. The second-order valence-corrected chi connectivity index (χ2v) is 6.04. The highest BCUT2D eigenvalue weighted by Gasteiger charge is 2.29. The molecule has 23 heavy (non-hydrogen) atoms. The first-order valence-corrected chi connectivity index (χ1v) is 8.03. The molecule has 1 fully saturated rings. The van der Waals surface area contributed by atoms with E-state index in [9.17, 15) is 14.0 Å². The molecule has 0 radical (unpaired) electrons. The van der Waals surface area contributed by atoms with Crippen molar-refractivity contribution in [1.29, 1.82) is 0 Å². The van der Waals surface area contributed by atoms with Crippen LogP contribution in [0.15, 0.2) is 24.3 Å². The van der Waals surface area contributed by atoms with Crippen LogP contribution < -0.4 is 5.73 Å². The first kappa shape index (κ1) is 17.4. The smallest absolute Gasteiger partial charge is 0.254 e. The lowest BCUT2D eigenvalue weighted by atomic mass is 9.98. The van der Waals surface area contributed by atoms with Crippen molar-refractivity contribution in [2.24, 2.45) is 11.7 Å². The third-order valence-corrected chi connectivity index (χ3v) is 4.49. The Morgan fingerprint density at radius 1 is 1.22 bits per heavy atom. The van der Waals surface area contributed by atoms with Crippen molar-refractivity contribution in [3.63, 3.8) is 0 Å². The van der Waals surface area contributed by atoms with Gasteiger partial charge in [0.15, 0.2) is 0 Å². The molecule has 0 bridgehead atoms. The maximum Gasteiger partial charge on any atom is 0.254 e. The zero-order chi connectivity index (χ0) is 17.0. The van der Waals surface area contributed by atoms with Crippen molar-refractivity contribution < 1.29 is 14.0 Å². The van der Waals surface area contributed by atoms with Crippen molar-refractivity contribution >= 4 is 11.8 Å². The fourth-order valence-electron chi connectivity index (χ4n) is 2.64. The molecule has 0 aromatic heterocycles. The number of carbonyl (C=O) groups is 2. The number of benzene rings is 1. The Morgan fingerprint density at radius 2 is 1.83 bits per heavy atom. The van der Waals surface area contributed by atoms with Gasteiger partial charge >= 0.3 is 0 Å². The molecule has 1 aromatic rings. The van der Waals surface area contributed by atoms with Gasteiger partial charge in [-0.15, -0.1) is 0 Å². The minimum absolute atomic E-state index is 0.0581. The first-order valence-electron chi connectivity index (χ1n) is 8.03. The molecule has 2 unspecified atom stereocenters. The van der Waals surface area contributed by atoms with Crippen molar-refractivity contribution in [3.05, 3.63) is 35.6 Å². The lowest BCUT2D eigenvalue weighted by Gasteiger charge is -2.36. The molecule has 1 aliphatic heterocycles. The molecule has 2 amide bonds. The number of nitrogens with zero attached hydrogens (tertiary/aromatic N) is 2. The van der Waals surface area contributed by atoms with Gasteiger partial charge in [-0.1, -0.05) is 26.3 Å². The van der Waals surface area contributed by atoms with E-state index in [1.54, 1.807) is 15.9 Å². The number of piperazine rings is 1. The molecule has 5 nitrogen and oxygen atoms in total. The fourth-order valence-corrected chi connectivity index (χ4v) is 2.64. The standard InChI is InChI=1S/C17H24FN3O2/c1-3-12(2)15(19)17(23)21-9-7-20(8-10-21)16(22)13-5-4-6-14(18)11-13/h4-6,11-12,15H,3,7-10,19H2,1-2H3. The van der Waals surface area contributed by atoms with Gasteiger partial charge in [0.1, 0.15) is 5.82 Å². The molecule has 6 heteroatoms. The maximum atomic E-state index is 13.2. The molecule has 126 valence electrons. The molecule has 1 aromatic carbocycles. The van der Waals surface area contributed by atoms with Crippen LogP contribution in [0.5, 0.6) is 0 Å². The van der Waals surface area contributed by atoms with E-state index in [0.717, 1.165) is 6.42 Å². The number of hydrogen-bond donors (Lipinski definition) is 1. The van der Waals surface area contributed by atoms with Gasteiger partial charge in [0, 0.05) is 31.7 Å². The molecule has 2 N–H and O–H groups in total. The first-order chi connectivity index (χ1) is 10.9.